The Kier molecular flexibility index (Phi) is 7.06. The SMILES string of the molecule is C[C@H](CO)Nc1nc(Nc2ccc(S(C)(=N)=O)cc2)ncc1C#Cc1ccc(C#N)cc1. The first-order chi connectivity index (χ1) is 15.3. The smallest absolute Gasteiger partial charge is 0.229 e. The first kappa shape index (κ1) is 22.8. The first-order valence-corrected chi connectivity index (χ1v) is 11.6. The summed E-state index contributed by atoms with van der Waals surface area (Å²) in [5, 5.41) is 24.5. The number of rotatable bonds is 6. The van der Waals surface area contributed by atoms with E-state index in [4.69, 9.17) is 10.0 Å². The molecular formula is C23H22N6O2S. The number of nitrogens with zero attached hydrogens (tertiary/aromatic N) is 3. The molecule has 9 heteroatoms. The van der Waals surface area contributed by atoms with E-state index in [0.29, 0.717) is 33.5 Å². The molecule has 0 radical (unpaired) electrons. The van der Waals surface area contributed by atoms with Gasteiger partial charge in [-0.3, -0.25) is 0 Å². The Morgan fingerprint density at radius 2 is 1.78 bits per heavy atom. The lowest BCUT2D eigenvalue weighted by molar-refractivity contribution is 0.281. The highest BCUT2D eigenvalue weighted by Gasteiger charge is 2.10. The van der Waals surface area contributed by atoms with Crippen LogP contribution >= 0.6 is 0 Å². The normalized spacial score (nSPS) is 13.1. The fourth-order valence-corrected chi connectivity index (χ4v) is 3.27. The lowest BCUT2D eigenvalue weighted by Gasteiger charge is -2.14. The molecule has 3 aromatic rings. The fraction of sp³-hybridized carbons (Fsp3) is 0.174. The van der Waals surface area contributed by atoms with Crippen molar-refractivity contribution in [1.82, 2.24) is 9.97 Å². The molecule has 0 saturated heterocycles. The number of hydrogen-bond acceptors (Lipinski definition) is 8. The van der Waals surface area contributed by atoms with E-state index in [-0.39, 0.29) is 12.6 Å². The van der Waals surface area contributed by atoms with Gasteiger partial charge in [0.05, 0.1) is 39.7 Å². The summed E-state index contributed by atoms with van der Waals surface area (Å²) in [6.07, 6.45) is 2.95. The van der Waals surface area contributed by atoms with Gasteiger partial charge in [0.15, 0.2) is 0 Å². The number of hydrogen-bond donors (Lipinski definition) is 4. The molecule has 0 aliphatic heterocycles. The second-order valence-corrected chi connectivity index (χ2v) is 9.27. The molecule has 0 bridgehead atoms. The number of aliphatic hydroxyl groups excluding tert-OH is 1. The Labute approximate surface area is 187 Å². The van der Waals surface area contributed by atoms with E-state index < -0.39 is 9.73 Å². The van der Waals surface area contributed by atoms with Crippen molar-refractivity contribution in [3.8, 4) is 17.9 Å². The maximum absolute atomic E-state index is 11.8. The third-order valence-corrected chi connectivity index (χ3v) is 5.53. The molecule has 0 fully saturated rings. The van der Waals surface area contributed by atoms with Gasteiger partial charge in [-0.1, -0.05) is 11.8 Å². The maximum Gasteiger partial charge on any atom is 0.229 e. The van der Waals surface area contributed by atoms with Crippen LogP contribution in [-0.4, -0.2) is 38.2 Å². The van der Waals surface area contributed by atoms with Crippen molar-refractivity contribution < 1.29 is 9.32 Å². The van der Waals surface area contributed by atoms with Crippen molar-refractivity contribution in [2.24, 2.45) is 0 Å². The largest absolute Gasteiger partial charge is 0.394 e. The minimum atomic E-state index is -2.78. The summed E-state index contributed by atoms with van der Waals surface area (Å²) in [6, 6.07) is 15.4. The molecule has 1 heterocycles. The van der Waals surface area contributed by atoms with Crippen molar-refractivity contribution in [3.05, 3.63) is 71.4 Å². The molecule has 0 amide bonds. The molecule has 8 nitrogen and oxygen atoms in total. The van der Waals surface area contributed by atoms with Crippen molar-refractivity contribution >= 4 is 27.2 Å². The van der Waals surface area contributed by atoms with Gasteiger partial charge in [-0.05, 0) is 55.5 Å². The van der Waals surface area contributed by atoms with Crippen LogP contribution in [0.15, 0.2) is 59.6 Å². The average molecular weight is 447 g/mol. The molecular weight excluding hydrogens is 424 g/mol. The van der Waals surface area contributed by atoms with Crippen molar-refractivity contribution in [1.29, 1.82) is 10.0 Å². The standard InChI is InChI=1S/C23H22N6O2S/c1-16(15-30)27-22-19(8-7-17-3-5-18(13-24)6-4-17)14-26-23(29-22)28-20-9-11-21(12-10-20)32(2,25)31/h3-6,9-12,14,16,25,30H,15H2,1-2H3,(H2,26,27,28,29)/t16-,32?/m1/s1. The second-order valence-electron chi connectivity index (χ2n) is 7.12. The third-order valence-electron chi connectivity index (χ3n) is 4.36. The average Bonchev–Trinajstić information content (AvgIpc) is 2.78. The van der Waals surface area contributed by atoms with E-state index in [1.165, 1.54) is 6.26 Å². The molecule has 1 aromatic heterocycles. The summed E-state index contributed by atoms with van der Waals surface area (Å²) in [7, 11) is -2.78. The molecule has 0 saturated carbocycles. The Bertz CT molecular complexity index is 1300. The highest BCUT2D eigenvalue weighted by Crippen LogP contribution is 2.20. The van der Waals surface area contributed by atoms with Gasteiger partial charge < -0.3 is 15.7 Å². The lowest BCUT2D eigenvalue weighted by atomic mass is 10.1. The summed E-state index contributed by atoms with van der Waals surface area (Å²) < 4.78 is 19.5. The van der Waals surface area contributed by atoms with E-state index >= 15 is 0 Å². The lowest BCUT2D eigenvalue weighted by Crippen LogP contribution is -2.21. The Balaban J connectivity index is 1.87. The van der Waals surface area contributed by atoms with Crippen LogP contribution in [0.2, 0.25) is 0 Å². The minimum absolute atomic E-state index is 0.0832. The first-order valence-electron chi connectivity index (χ1n) is 9.66. The minimum Gasteiger partial charge on any atom is -0.394 e. The highest BCUT2D eigenvalue weighted by molar-refractivity contribution is 7.91. The van der Waals surface area contributed by atoms with Gasteiger partial charge in [-0.2, -0.15) is 10.2 Å². The van der Waals surface area contributed by atoms with Crippen molar-refractivity contribution in [2.75, 3.05) is 23.5 Å². The van der Waals surface area contributed by atoms with E-state index in [0.717, 1.165) is 5.56 Å². The third kappa shape index (κ3) is 6.05. The molecule has 1 unspecified atom stereocenters. The number of nitrogens with one attached hydrogen (secondary N) is 3. The van der Waals surface area contributed by atoms with Crippen LogP contribution in [0.4, 0.5) is 17.5 Å². The zero-order chi connectivity index (χ0) is 23.1. The predicted molar refractivity (Wildman–Crippen MR) is 124 cm³/mol. The van der Waals surface area contributed by atoms with Crippen molar-refractivity contribution in [3.63, 3.8) is 0 Å². The van der Waals surface area contributed by atoms with Gasteiger partial charge in [0.1, 0.15) is 5.82 Å². The molecule has 2 atom stereocenters. The number of nitriles is 1. The van der Waals surface area contributed by atoms with Gasteiger partial charge in [0, 0.05) is 28.4 Å². The van der Waals surface area contributed by atoms with Crippen molar-refractivity contribution in [2.45, 2.75) is 17.9 Å². The molecule has 0 aliphatic rings. The fourth-order valence-electron chi connectivity index (χ4n) is 2.62. The second kappa shape index (κ2) is 9.92. The molecule has 4 N–H and O–H groups in total. The predicted octanol–water partition coefficient (Wildman–Crippen LogP) is 3.32. The number of aliphatic hydroxyl groups is 1. The van der Waals surface area contributed by atoms with Crippen LogP contribution in [0.5, 0.6) is 0 Å². The van der Waals surface area contributed by atoms with Gasteiger partial charge in [-0.15, -0.1) is 0 Å². The van der Waals surface area contributed by atoms with Gasteiger partial charge in [-0.25, -0.2) is 14.0 Å². The van der Waals surface area contributed by atoms with E-state index in [1.54, 1.807) is 54.7 Å². The molecule has 2 aromatic carbocycles. The van der Waals surface area contributed by atoms with Crippen LogP contribution in [0.25, 0.3) is 0 Å². The van der Waals surface area contributed by atoms with Crippen LogP contribution in [0, 0.1) is 28.0 Å². The molecule has 0 spiro atoms. The summed E-state index contributed by atoms with van der Waals surface area (Å²) in [6.45, 7) is 1.73. The topological polar surface area (TPSA) is 135 Å². The monoisotopic (exact) mass is 446 g/mol. The molecule has 32 heavy (non-hydrogen) atoms. The number of benzene rings is 2. The Morgan fingerprint density at radius 1 is 1.12 bits per heavy atom. The zero-order valence-electron chi connectivity index (χ0n) is 17.6. The summed E-state index contributed by atoms with van der Waals surface area (Å²) in [5.74, 6) is 6.83. The summed E-state index contributed by atoms with van der Waals surface area (Å²) in [5.41, 5.74) is 2.53. The van der Waals surface area contributed by atoms with E-state index in [1.807, 2.05) is 6.92 Å². The van der Waals surface area contributed by atoms with Crippen LogP contribution in [-0.2, 0) is 9.73 Å². The van der Waals surface area contributed by atoms with E-state index in [2.05, 4.69) is 38.5 Å². The Morgan fingerprint density at radius 3 is 2.38 bits per heavy atom. The van der Waals surface area contributed by atoms with Gasteiger partial charge in [0.2, 0.25) is 5.95 Å². The highest BCUT2D eigenvalue weighted by atomic mass is 32.2. The number of anilines is 3. The summed E-state index contributed by atoms with van der Waals surface area (Å²) in [4.78, 5) is 9.24. The molecule has 3 rings (SSSR count). The quantitative estimate of drug-likeness (QED) is 0.427. The van der Waals surface area contributed by atoms with Crippen LogP contribution in [0.3, 0.4) is 0 Å². The summed E-state index contributed by atoms with van der Waals surface area (Å²) >= 11 is 0. The van der Waals surface area contributed by atoms with Gasteiger partial charge in [0.25, 0.3) is 0 Å². The van der Waals surface area contributed by atoms with Gasteiger partial charge >= 0.3 is 0 Å². The Hall–Kier alpha value is -3.92. The zero-order valence-corrected chi connectivity index (χ0v) is 18.4. The van der Waals surface area contributed by atoms with Crippen LogP contribution in [0.1, 0.15) is 23.6 Å². The van der Waals surface area contributed by atoms with E-state index in [9.17, 15) is 9.32 Å². The number of aromatic nitrogens is 2. The van der Waals surface area contributed by atoms with Crippen LogP contribution < -0.4 is 10.6 Å². The molecule has 162 valence electrons. The molecule has 0 aliphatic carbocycles. The maximum atomic E-state index is 11.8.